The van der Waals surface area contributed by atoms with Crippen molar-refractivity contribution in [3.8, 4) is 0 Å². The van der Waals surface area contributed by atoms with Crippen molar-refractivity contribution in [2.24, 2.45) is 0 Å². The summed E-state index contributed by atoms with van der Waals surface area (Å²) in [5.41, 5.74) is 3.87. The molecular weight excluding hydrogens is 226 g/mol. The summed E-state index contributed by atoms with van der Waals surface area (Å²) in [4.78, 5) is 15.5. The van der Waals surface area contributed by atoms with Gasteiger partial charge in [0, 0.05) is 18.3 Å². The maximum atomic E-state index is 11.3. The van der Waals surface area contributed by atoms with Crippen LogP contribution in [0, 0.1) is 6.92 Å². The number of carbonyl (C=O) groups is 1. The van der Waals surface area contributed by atoms with E-state index in [-0.39, 0.29) is 5.97 Å². The molecule has 2 aromatic rings. The SMILES string of the molecule is COC(=O)c1ccc(Cc2cccc(C)c2)nc1. The molecule has 0 aliphatic carbocycles. The van der Waals surface area contributed by atoms with Crippen LogP contribution in [-0.2, 0) is 11.2 Å². The van der Waals surface area contributed by atoms with E-state index in [2.05, 4.69) is 34.8 Å². The van der Waals surface area contributed by atoms with Gasteiger partial charge in [-0.15, -0.1) is 0 Å². The van der Waals surface area contributed by atoms with Crippen molar-refractivity contribution in [2.75, 3.05) is 7.11 Å². The maximum absolute atomic E-state index is 11.3. The van der Waals surface area contributed by atoms with Gasteiger partial charge in [-0.1, -0.05) is 29.8 Å². The van der Waals surface area contributed by atoms with Gasteiger partial charge in [-0.05, 0) is 24.6 Å². The number of rotatable bonds is 3. The summed E-state index contributed by atoms with van der Waals surface area (Å²) in [6.07, 6.45) is 2.32. The van der Waals surface area contributed by atoms with Crippen LogP contribution in [0.25, 0.3) is 0 Å². The zero-order valence-corrected chi connectivity index (χ0v) is 10.5. The van der Waals surface area contributed by atoms with E-state index in [0.29, 0.717) is 5.56 Å². The molecule has 1 aromatic heterocycles. The van der Waals surface area contributed by atoms with Gasteiger partial charge >= 0.3 is 5.97 Å². The van der Waals surface area contributed by atoms with Gasteiger partial charge in [0.1, 0.15) is 0 Å². The normalized spacial score (nSPS) is 10.1. The number of esters is 1. The predicted octanol–water partition coefficient (Wildman–Crippen LogP) is 2.77. The first kappa shape index (κ1) is 12.3. The average molecular weight is 241 g/mol. The minimum atomic E-state index is -0.357. The number of aromatic nitrogens is 1. The molecule has 0 aliphatic rings. The smallest absolute Gasteiger partial charge is 0.339 e. The molecule has 0 unspecified atom stereocenters. The summed E-state index contributed by atoms with van der Waals surface area (Å²) in [5.74, 6) is -0.357. The molecule has 0 bridgehead atoms. The van der Waals surface area contributed by atoms with Gasteiger partial charge in [-0.25, -0.2) is 4.79 Å². The lowest BCUT2D eigenvalue weighted by atomic mass is 10.1. The first-order chi connectivity index (χ1) is 8.69. The lowest BCUT2D eigenvalue weighted by Gasteiger charge is -2.03. The molecule has 0 radical (unpaired) electrons. The Morgan fingerprint density at radius 1 is 1.28 bits per heavy atom. The standard InChI is InChI=1S/C15H15NO2/c1-11-4-3-5-12(8-11)9-14-7-6-13(10-16-14)15(17)18-2/h3-8,10H,9H2,1-2H3. The molecule has 0 aliphatic heterocycles. The molecule has 0 spiro atoms. The number of hydrogen-bond acceptors (Lipinski definition) is 3. The van der Waals surface area contributed by atoms with E-state index in [9.17, 15) is 4.79 Å². The molecule has 0 saturated carbocycles. The van der Waals surface area contributed by atoms with E-state index < -0.39 is 0 Å². The van der Waals surface area contributed by atoms with Crippen LogP contribution in [0.5, 0.6) is 0 Å². The second-order valence-electron chi connectivity index (χ2n) is 4.20. The van der Waals surface area contributed by atoms with Crippen molar-refractivity contribution in [3.63, 3.8) is 0 Å². The summed E-state index contributed by atoms with van der Waals surface area (Å²) in [7, 11) is 1.36. The number of pyridine rings is 1. The Morgan fingerprint density at radius 3 is 2.72 bits per heavy atom. The fraction of sp³-hybridized carbons (Fsp3) is 0.200. The minimum Gasteiger partial charge on any atom is -0.465 e. The zero-order chi connectivity index (χ0) is 13.0. The molecule has 92 valence electrons. The Hall–Kier alpha value is -2.16. The molecule has 3 nitrogen and oxygen atoms in total. The quantitative estimate of drug-likeness (QED) is 0.776. The predicted molar refractivity (Wildman–Crippen MR) is 69.6 cm³/mol. The first-order valence-electron chi connectivity index (χ1n) is 5.78. The highest BCUT2D eigenvalue weighted by molar-refractivity contribution is 5.88. The number of nitrogens with zero attached hydrogens (tertiary/aromatic N) is 1. The van der Waals surface area contributed by atoms with Crippen molar-refractivity contribution >= 4 is 5.97 Å². The molecule has 1 heterocycles. The Bertz CT molecular complexity index is 547. The molecule has 1 aromatic carbocycles. The van der Waals surface area contributed by atoms with Gasteiger partial charge < -0.3 is 4.74 Å². The Morgan fingerprint density at radius 2 is 2.11 bits per heavy atom. The lowest BCUT2D eigenvalue weighted by Crippen LogP contribution is -2.02. The number of methoxy groups -OCH3 is 1. The lowest BCUT2D eigenvalue weighted by molar-refractivity contribution is 0.0600. The minimum absolute atomic E-state index is 0.357. The van der Waals surface area contributed by atoms with Crippen LogP contribution in [0.15, 0.2) is 42.6 Å². The third-order valence-electron chi connectivity index (χ3n) is 2.71. The molecule has 3 heteroatoms. The highest BCUT2D eigenvalue weighted by Crippen LogP contribution is 2.10. The van der Waals surface area contributed by atoms with E-state index in [4.69, 9.17) is 0 Å². The topological polar surface area (TPSA) is 39.2 Å². The van der Waals surface area contributed by atoms with Crippen LogP contribution < -0.4 is 0 Å². The second kappa shape index (κ2) is 5.45. The van der Waals surface area contributed by atoms with Gasteiger partial charge in [0.15, 0.2) is 0 Å². The van der Waals surface area contributed by atoms with E-state index in [1.807, 2.05) is 12.1 Å². The summed E-state index contributed by atoms with van der Waals surface area (Å²) in [6, 6.07) is 11.9. The van der Waals surface area contributed by atoms with E-state index in [1.165, 1.54) is 18.2 Å². The number of benzene rings is 1. The summed E-state index contributed by atoms with van der Waals surface area (Å²) >= 11 is 0. The number of aryl methyl sites for hydroxylation is 1. The average Bonchev–Trinajstić information content (AvgIpc) is 2.39. The van der Waals surface area contributed by atoms with Crippen LogP contribution in [-0.4, -0.2) is 18.1 Å². The summed E-state index contributed by atoms with van der Waals surface area (Å²) < 4.78 is 4.63. The second-order valence-corrected chi connectivity index (χ2v) is 4.20. The number of carbonyl (C=O) groups excluding carboxylic acids is 1. The zero-order valence-electron chi connectivity index (χ0n) is 10.5. The Balaban J connectivity index is 2.13. The van der Waals surface area contributed by atoms with Crippen LogP contribution in [0.1, 0.15) is 27.2 Å². The van der Waals surface area contributed by atoms with E-state index >= 15 is 0 Å². The molecule has 0 atom stereocenters. The molecule has 2 rings (SSSR count). The van der Waals surface area contributed by atoms with Crippen molar-refractivity contribution in [1.29, 1.82) is 0 Å². The summed E-state index contributed by atoms with van der Waals surface area (Å²) in [6.45, 7) is 2.07. The Labute approximate surface area is 106 Å². The highest BCUT2D eigenvalue weighted by Gasteiger charge is 2.05. The van der Waals surface area contributed by atoms with Gasteiger partial charge in [0.2, 0.25) is 0 Å². The van der Waals surface area contributed by atoms with Gasteiger partial charge in [0.05, 0.1) is 12.7 Å². The van der Waals surface area contributed by atoms with Gasteiger partial charge in [-0.2, -0.15) is 0 Å². The Kier molecular flexibility index (Phi) is 3.72. The molecule has 0 saturated heterocycles. The highest BCUT2D eigenvalue weighted by atomic mass is 16.5. The van der Waals surface area contributed by atoms with E-state index in [1.54, 1.807) is 12.3 Å². The number of ether oxygens (including phenoxy) is 1. The van der Waals surface area contributed by atoms with Crippen LogP contribution in [0.2, 0.25) is 0 Å². The molecule has 0 N–H and O–H groups in total. The fourth-order valence-electron chi connectivity index (χ4n) is 1.80. The van der Waals surface area contributed by atoms with Crippen molar-refractivity contribution in [3.05, 3.63) is 65.0 Å². The van der Waals surface area contributed by atoms with Crippen LogP contribution >= 0.6 is 0 Å². The van der Waals surface area contributed by atoms with E-state index in [0.717, 1.165) is 12.1 Å². The monoisotopic (exact) mass is 241 g/mol. The first-order valence-corrected chi connectivity index (χ1v) is 5.78. The molecule has 18 heavy (non-hydrogen) atoms. The third-order valence-corrected chi connectivity index (χ3v) is 2.71. The van der Waals surface area contributed by atoms with Gasteiger partial charge in [-0.3, -0.25) is 4.98 Å². The largest absolute Gasteiger partial charge is 0.465 e. The number of hydrogen-bond donors (Lipinski definition) is 0. The maximum Gasteiger partial charge on any atom is 0.339 e. The molecule has 0 fully saturated rings. The van der Waals surface area contributed by atoms with Crippen molar-refractivity contribution in [1.82, 2.24) is 4.98 Å². The third kappa shape index (κ3) is 2.94. The van der Waals surface area contributed by atoms with Crippen LogP contribution in [0.4, 0.5) is 0 Å². The molecule has 0 amide bonds. The fourth-order valence-corrected chi connectivity index (χ4v) is 1.80. The van der Waals surface area contributed by atoms with Crippen molar-refractivity contribution < 1.29 is 9.53 Å². The van der Waals surface area contributed by atoms with Crippen LogP contribution in [0.3, 0.4) is 0 Å². The van der Waals surface area contributed by atoms with Gasteiger partial charge in [0.25, 0.3) is 0 Å². The molecular formula is C15H15NO2. The van der Waals surface area contributed by atoms with Crippen molar-refractivity contribution in [2.45, 2.75) is 13.3 Å². The summed E-state index contributed by atoms with van der Waals surface area (Å²) in [5, 5.41) is 0.